The van der Waals surface area contributed by atoms with E-state index in [-0.39, 0.29) is 23.6 Å². The van der Waals surface area contributed by atoms with Crippen LogP contribution in [0, 0.1) is 0 Å². The maximum atomic E-state index is 13.0. The van der Waals surface area contributed by atoms with E-state index < -0.39 is 9.84 Å². The normalized spacial score (nSPS) is 21.2. The van der Waals surface area contributed by atoms with E-state index >= 15 is 0 Å². The third kappa shape index (κ3) is 3.60. The molecule has 26 heavy (non-hydrogen) atoms. The van der Waals surface area contributed by atoms with Crippen molar-refractivity contribution in [3.63, 3.8) is 0 Å². The maximum Gasteiger partial charge on any atom is 0.320 e. The molecule has 0 saturated carbocycles. The van der Waals surface area contributed by atoms with Crippen LogP contribution in [0.1, 0.15) is 24.5 Å². The predicted octanol–water partition coefficient (Wildman–Crippen LogP) is 1.69. The van der Waals surface area contributed by atoms with Gasteiger partial charge in [-0.3, -0.25) is 0 Å². The Morgan fingerprint density at radius 1 is 1.23 bits per heavy atom. The smallest absolute Gasteiger partial charge is 0.320 e. The molecule has 2 aliphatic heterocycles. The van der Waals surface area contributed by atoms with Gasteiger partial charge < -0.3 is 19.3 Å². The van der Waals surface area contributed by atoms with Gasteiger partial charge >= 0.3 is 6.03 Å². The number of sulfone groups is 1. The molecule has 0 aromatic heterocycles. The molecule has 1 unspecified atom stereocenters. The van der Waals surface area contributed by atoms with Crippen LogP contribution in [0.15, 0.2) is 12.1 Å². The molecule has 2 aliphatic rings. The number of ether oxygens (including phenoxy) is 2. The molecule has 2 amide bonds. The standard InChI is InChI=1S/C18H26N2O5S/c1-4-20(15-6-8-26(22,23)12-15)18(21)19-7-5-13-9-16(24-2)17(25-3)10-14(13)11-19/h9-10,15H,4-8,11-12H2,1-3H3. The Bertz CT molecular complexity index is 793. The van der Waals surface area contributed by atoms with Crippen molar-refractivity contribution < 1.29 is 22.7 Å². The van der Waals surface area contributed by atoms with Crippen LogP contribution in [-0.4, -0.2) is 69.1 Å². The highest BCUT2D eigenvalue weighted by Crippen LogP contribution is 2.33. The van der Waals surface area contributed by atoms with E-state index in [9.17, 15) is 13.2 Å². The molecule has 1 atom stereocenters. The fourth-order valence-electron chi connectivity index (χ4n) is 3.80. The molecule has 0 bridgehead atoms. The quantitative estimate of drug-likeness (QED) is 0.792. The summed E-state index contributed by atoms with van der Waals surface area (Å²) in [5, 5.41) is 0. The number of nitrogens with zero attached hydrogens (tertiary/aromatic N) is 2. The van der Waals surface area contributed by atoms with Crippen molar-refractivity contribution >= 4 is 15.9 Å². The minimum absolute atomic E-state index is 0.0715. The van der Waals surface area contributed by atoms with Gasteiger partial charge in [-0.25, -0.2) is 13.2 Å². The summed E-state index contributed by atoms with van der Waals surface area (Å²) in [5.41, 5.74) is 2.19. The molecule has 0 N–H and O–H groups in total. The second kappa shape index (κ2) is 7.34. The summed E-state index contributed by atoms with van der Waals surface area (Å²) >= 11 is 0. The van der Waals surface area contributed by atoms with Crippen LogP contribution in [0.4, 0.5) is 4.79 Å². The first kappa shape index (κ1) is 18.8. The first-order valence-corrected chi connectivity index (χ1v) is 10.7. The van der Waals surface area contributed by atoms with E-state index in [1.807, 2.05) is 19.1 Å². The highest BCUT2D eigenvalue weighted by atomic mass is 32.2. The first-order valence-electron chi connectivity index (χ1n) is 8.88. The molecule has 2 heterocycles. The van der Waals surface area contributed by atoms with Crippen molar-refractivity contribution in [1.29, 1.82) is 0 Å². The lowest BCUT2D eigenvalue weighted by Gasteiger charge is -2.36. The topological polar surface area (TPSA) is 76.2 Å². The molecule has 1 fully saturated rings. The van der Waals surface area contributed by atoms with Gasteiger partial charge in [0, 0.05) is 25.7 Å². The fourth-order valence-corrected chi connectivity index (χ4v) is 5.53. The van der Waals surface area contributed by atoms with Crippen molar-refractivity contribution in [3.05, 3.63) is 23.3 Å². The van der Waals surface area contributed by atoms with Crippen LogP contribution in [0.25, 0.3) is 0 Å². The Labute approximate surface area is 154 Å². The van der Waals surface area contributed by atoms with E-state index in [1.54, 1.807) is 24.0 Å². The first-order chi connectivity index (χ1) is 12.4. The average molecular weight is 382 g/mol. The zero-order chi connectivity index (χ0) is 18.9. The van der Waals surface area contributed by atoms with Gasteiger partial charge in [0.05, 0.1) is 25.7 Å². The number of benzene rings is 1. The van der Waals surface area contributed by atoms with Crippen molar-refractivity contribution in [3.8, 4) is 11.5 Å². The van der Waals surface area contributed by atoms with Gasteiger partial charge in [0.15, 0.2) is 21.3 Å². The van der Waals surface area contributed by atoms with Crippen LogP contribution >= 0.6 is 0 Å². The number of methoxy groups -OCH3 is 2. The molecule has 0 spiro atoms. The van der Waals surface area contributed by atoms with E-state index in [0.717, 1.165) is 17.5 Å². The second-order valence-electron chi connectivity index (χ2n) is 6.77. The van der Waals surface area contributed by atoms with E-state index in [1.165, 1.54) is 0 Å². The van der Waals surface area contributed by atoms with Crippen molar-refractivity contribution in [1.82, 2.24) is 9.80 Å². The van der Waals surface area contributed by atoms with Gasteiger partial charge in [-0.2, -0.15) is 0 Å². The number of rotatable bonds is 4. The Morgan fingerprint density at radius 2 is 1.88 bits per heavy atom. The summed E-state index contributed by atoms with van der Waals surface area (Å²) in [5.74, 6) is 1.58. The maximum absolute atomic E-state index is 13.0. The van der Waals surface area contributed by atoms with Crippen molar-refractivity contribution in [2.24, 2.45) is 0 Å². The highest BCUT2D eigenvalue weighted by Gasteiger charge is 2.36. The largest absolute Gasteiger partial charge is 0.493 e. The summed E-state index contributed by atoms with van der Waals surface area (Å²) in [7, 11) is 0.178. The lowest BCUT2D eigenvalue weighted by Crippen LogP contribution is -2.49. The van der Waals surface area contributed by atoms with Gasteiger partial charge in [-0.1, -0.05) is 0 Å². The molecule has 144 valence electrons. The molecule has 0 aliphatic carbocycles. The molecule has 7 nitrogen and oxygen atoms in total. The van der Waals surface area contributed by atoms with Crippen LogP contribution in [0.5, 0.6) is 11.5 Å². The van der Waals surface area contributed by atoms with Crippen LogP contribution < -0.4 is 9.47 Å². The summed E-state index contributed by atoms with van der Waals surface area (Å²) < 4.78 is 34.3. The predicted molar refractivity (Wildman–Crippen MR) is 98.5 cm³/mol. The van der Waals surface area contributed by atoms with Crippen LogP contribution in [-0.2, 0) is 22.8 Å². The number of carbonyl (C=O) groups excluding carboxylic acids is 1. The number of urea groups is 1. The number of hydrogen-bond acceptors (Lipinski definition) is 5. The zero-order valence-corrected chi connectivity index (χ0v) is 16.3. The Balaban J connectivity index is 1.78. The summed E-state index contributed by atoms with van der Waals surface area (Å²) in [6.45, 7) is 3.50. The molecule has 0 radical (unpaired) electrons. The zero-order valence-electron chi connectivity index (χ0n) is 15.5. The Kier molecular flexibility index (Phi) is 5.32. The van der Waals surface area contributed by atoms with Crippen LogP contribution in [0.3, 0.4) is 0 Å². The second-order valence-corrected chi connectivity index (χ2v) is 9.00. The molecular weight excluding hydrogens is 356 g/mol. The third-order valence-corrected chi connectivity index (χ3v) is 6.97. The highest BCUT2D eigenvalue weighted by molar-refractivity contribution is 7.91. The van der Waals surface area contributed by atoms with Crippen molar-refractivity contribution in [2.45, 2.75) is 32.4 Å². The van der Waals surface area contributed by atoms with Gasteiger partial charge in [-0.05, 0) is 43.0 Å². The van der Waals surface area contributed by atoms with E-state index in [0.29, 0.717) is 37.6 Å². The molecular formula is C18H26N2O5S. The van der Waals surface area contributed by atoms with E-state index in [4.69, 9.17) is 9.47 Å². The molecule has 1 aromatic rings. The number of hydrogen-bond donors (Lipinski definition) is 0. The number of fused-ring (bicyclic) bond motifs is 1. The van der Waals surface area contributed by atoms with Gasteiger partial charge in [-0.15, -0.1) is 0 Å². The summed E-state index contributed by atoms with van der Waals surface area (Å²) in [6.07, 6.45) is 1.26. The number of carbonyl (C=O) groups is 1. The lowest BCUT2D eigenvalue weighted by molar-refractivity contribution is 0.135. The Hall–Kier alpha value is -1.96. The van der Waals surface area contributed by atoms with Crippen molar-refractivity contribution in [2.75, 3.05) is 38.8 Å². The molecule has 1 aromatic carbocycles. The van der Waals surface area contributed by atoms with Gasteiger partial charge in [0.1, 0.15) is 0 Å². The van der Waals surface area contributed by atoms with Gasteiger partial charge in [0.25, 0.3) is 0 Å². The molecule has 1 saturated heterocycles. The summed E-state index contributed by atoms with van der Waals surface area (Å²) in [4.78, 5) is 16.5. The summed E-state index contributed by atoms with van der Waals surface area (Å²) in [6, 6.07) is 3.58. The number of amides is 2. The van der Waals surface area contributed by atoms with Gasteiger partial charge in [0.2, 0.25) is 0 Å². The third-order valence-electron chi connectivity index (χ3n) is 5.22. The molecule has 8 heteroatoms. The van der Waals surface area contributed by atoms with E-state index in [2.05, 4.69) is 0 Å². The SMILES string of the molecule is CCN(C(=O)N1CCc2cc(OC)c(OC)cc2C1)C1CCS(=O)(=O)C1. The average Bonchev–Trinajstić information content (AvgIpc) is 2.99. The Morgan fingerprint density at radius 3 is 2.42 bits per heavy atom. The molecule has 3 rings (SSSR count). The monoisotopic (exact) mass is 382 g/mol. The fraction of sp³-hybridized carbons (Fsp3) is 0.611. The minimum Gasteiger partial charge on any atom is -0.493 e. The minimum atomic E-state index is -3.02. The van der Waals surface area contributed by atoms with Crippen LogP contribution in [0.2, 0.25) is 0 Å². The lowest BCUT2D eigenvalue weighted by atomic mass is 9.99.